The van der Waals surface area contributed by atoms with Crippen LogP contribution >= 0.6 is 11.8 Å². The maximum absolute atomic E-state index is 10.4. The van der Waals surface area contributed by atoms with Crippen molar-refractivity contribution >= 4 is 28.7 Å². The molecule has 0 radical (unpaired) electrons. The van der Waals surface area contributed by atoms with Crippen LogP contribution in [0.15, 0.2) is 35.5 Å². The molecular formula is C21H26N6O4S. The molecule has 170 valence electrons. The summed E-state index contributed by atoms with van der Waals surface area (Å²) in [4.78, 5) is 9.29. The Morgan fingerprint density at radius 2 is 2.00 bits per heavy atom. The molecule has 2 aliphatic rings. The van der Waals surface area contributed by atoms with Crippen molar-refractivity contribution in [3.05, 3.63) is 35.9 Å². The number of aromatic nitrogens is 5. The number of nitrogens with one attached hydrogen (secondary N) is 1. The van der Waals surface area contributed by atoms with Crippen LogP contribution in [0.25, 0.3) is 11.2 Å². The lowest BCUT2D eigenvalue weighted by atomic mass is 10.1. The van der Waals surface area contributed by atoms with Gasteiger partial charge in [0.1, 0.15) is 18.3 Å². The van der Waals surface area contributed by atoms with Gasteiger partial charge in [-0.15, -0.1) is 5.10 Å². The quantitative estimate of drug-likeness (QED) is 0.289. The van der Waals surface area contributed by atoms with E-state index in [2.05, 4.69) is 44.7 Å². The highest BCUT2D eigenvalue weighted by atomic mass is 32.2. The van der Waals surface area contributed by atoms with Crippen molar-refractivity contribution in [1.82, 2.24) is 25.0 Å². The molecule has 2 fully saturated rings. The molecular weight excluding hydrogens is 432 g/mol. The van der Waals surface area contributed by atoms with Crippen LogP contribution in [0.4, 0.5) is 5.82 Å². The van der Waals surface area contributed by atoms with Gasteiger partial charge in [0, 0.05) is 17.7 Å². The molecule has 1 saturated heterocycles. The van der Waals surface area contributed by atoms with Crippen molar-refractivity contribution in [3.8, 4) is 0 Å². The largest absolute Gasteiger partial charge is 0.394 e. The predicted molar refractivity (Wildman–Crippen MR) is 118 cm³/mol. The van der Waals surface area contributed by atoms with Gasteiger partial charge in [0.25, 0.3) is 0 Å². The summed E-state index contributed by atoms with van der Waals surface area (Å²) in [6, 6.07) is 10.6. The minimum Gasteiger partial charge on any atom is -0.394 e. The molecule has 1 saturated carbocycles. The first-order valence-electron chi connectivity index (χ1n) is 10.8. The van der Waals surface area contributed by atoms with Gasteiger partial charge in [-0.25, -0.2) is 9.97 Å². The molecule has 6 atom stereocenters. The van der Waals surface area contributed by atoms with Gasteiger partial charge >= 0.3 is 0 Å². The van der Waals surface area contributed by atoms with Gasteiger partial charge in [-0.3, -0.25) is 0 Å². The van der Waals surface area contributed by atoms with E-state index in [1.165, 1.54) is 22.0 Å². The van der Waals surface area contributed by atoms with Crippen molar-refractivity contribution in [2.45, 2.75) is 61.4 Å². The van der Waals surface area contributed by atoms with Gasteiger partial charge in [-0.1, -0.05) is 54.2 Å². The molecule has 2 aromatic heterocycles. The van der Waals surface area contributed by atoms with E-state index >= 15 is 0 Å². The summed E-state index contributed by atoms with van der Waals surface area (Å²) in [6.45, 7) is 1.67. The van der Waals surface area contributed by atoms with E-state index in [1.807, 2.05) is 18.2 Å². The molecule has 5 rings (SSSR count). The molecule has 1 aliphatic carbocycles. The van der Waals surface area contributed by atoms with E-state index in [4.69, 9.17) is 4.74 Å². The zero-order valence-corrected chi connectivity index (χ0v) is 18.4. The van der Waals surface area contributed by atoms with Crippen LogP contribution in [-0.2, 0) is 4.74 Å². The first kappa shape index (κ1) is 21.5. The van der Waals surface area contributed by atoms with Crippen LogP contribution in [-0.4, -0.2) is 77.0 Å². The Balaban J connectivity index is 1.46. The van der Waals surface area contributed by atoms with Gasteiger partial charge in [-0.05, 0) is 18.4 Å². The number of ether oxygens (including phenoxy) is 1. The van der Waals surface area contributed by atoms with Crippen LogP contribution < -0.4 is 5.32 Å². The molecule has 32 heavy (non-hydrogen) atoms. The molecule has 1 aliphatic heterocycles. The zero-order chi connectivity index (χ0) is 22.2. The molecule has 3 aromatic rings. The van der Waals surface area contributed by atoms with Crippen molar-refractivity contribution in [1.29, 1.82) is 0 Å². The molecule has 3 heterocycles. The number of hydrogen-bond donors (Lipinski definition) is 4. The van der Waals surface area contributed by atoms with Crippen molar-refractivity contribution in [3.63, 3.8) is 0 Å². The monoisotopic (exact) mass is 458 g/mol. The van der Waals surface area contributed by atoms with E-state index in [1.54, 1.807) is 0 Å². The Kier molecular flexibility index (Phi) is 5.99. The molecule has 0 amide bonds. The summed E-state index contributed by atoms with van der Waals surface area (Å²) in [7, 11) is 0. The van der Waals surface area contributed by atoms with E-state index in [0.717, 1.165) is 18.6 Å². The van der Waals surface area contributed by atoms with Crippen LogP contribution in [0.2, 0.25) is 0 Å². The van der Waals surface area contributed by atoms with Crippen LogP contribution in [0.3, 0.4) is 0 Å². The van der Waals surface area contributed by atoms with E-state index in [0.29, 0.717) is 28.1 Å². The Labute approximate surface area is 189 Å². The minimum absolute atomic E-state index is 0.235. The number of anilines is 1. The van der Waals surface area contributed by atoms with Crippen LogP contribution in [0, 0.1) is 0 Å². The summed E-state index contributed by atoms with van der Waals surface area (Å²) >= 11 is 1.53. The third kappa shape index (κ3) is 3.95. The summed E-state index contributed by atoms with van der Waals surface area (Å²) in [6.07, 6.45) is -2.43. The molecule has 10 nitrogen and oxygen atoms in total. The first-order valence-corrected chi connectivity index (χ1v) is 11.8. The van der Waals surface area contributed by atoms with E-state index in [-0.39, 0.29) is 6.04 Å². The maximum Gasteiger partial charge on any atom is 0.191 e. The van der Waals surface area contributed by atoms with Crippen LogP contribution in [0.5, 0.6) is 0 Å². The topological polar surface area (TPSA) is 138 Å². The summed E-state index contributed by atoms with van der Waals surface area (Å²) < 4.78 is 7.00. The number of nitrogens with zero attached hydrogens (tertiary/aromatic N) is 5. The Morgan fingerprint density at radius 3 is 2.72 bits per heavy atom. The maximum atomic E-state index is 10.4. The average molecular weight is 459 g/mol. The zero-order valence-electron chi connectivity index (χ0n) is 17.6. The van der Waals surface area contributed by atoms with E-state index < -0.39 is 31.1 Å². The smallest absolute Gasteiger partial charge is 0.191 e. The fourth-order valence-corrected chi connectivity index (χ4v) is 4.71. The standard InChI is InChI=1S/C21H26N6O4S/c1-2-8-32-21-23-18(22-13-9-12(13)11-6-4-3-5-7-11)15-19(24-21)27(26-25-15)20-17(30)16(29)14(10-28)31-20/h3-7,12-14,16-17,20,28-30H,2,8-10H2,1H3,(H,22,23,24)/t12?,13?,14-,16-,17-,20-/m1/s1. The summed E-state index contributed by atoms with van der Waals surface area (Å²) in [5.74, 6) is 1.86. The molecule has 1 aromatic carbocycles. The number of thioether (sulfide) groups is 1. The van der Waals surface area contributed by atoms with Gasteiger partial charge in [0.2, 0.25) is 0 Å². The fraction of sp³-hybridized carbons (Fsp3) is 0.524. The van der Waals surface area contributed by atoms with Crippen molar-refractivity contribution < 1.29 is 20.1 Å². The Hall–Kier alpha value is -2.31. The van der Waals surface area contributed by atoms with Gasteiger partial charge in [0.05, 0.1) is 6.61 Å². The normalized spacial score (nSPS) is 29.5. The molecule has 11 heteroatoms. The first-order chi connectivity index (χ1) is 15.6. The third-order valence-electron chi connectivity index (χ3n) is 5.84. The number of hydrogen-bond acceptors (Lipinski definition) is 10. The highest BCUT2D eigenvalue weighted by Gasteiger charge is 2.45. The fourth-order valence-electron chi connectivity index (χ4n) is 4.02. The van der Waals surface area contributed by atoms with Crippen molar-refractivity contribution in [2.24, 2.45) is 0 Å². The summed E-state index contributed by atoms with van der Waals surface area (Å²) in [5, 5.41) is 42.5. The summed E-state index contributed by atoms with van der Waals surface area (Å²) in [5.41, 5.74) is 2.17. The molecule has 2 unspecified atom stereocenters. The van der Waals surface area contributed by atoms with Gasteiger partial charge in [-0.2, -0.15) is 4.68 Å². The lowest BCUT2D eigenvalue weighted by molar-refractivity contribution is -0.0575. The molecule has 0 spiro atoms. The second-order valence-electron chi connectivity index (χ2n) is 8.14. The second kappa shape index (κ2) is 8.91. The Bertz CT molecular complexity index is 1080. The predicted octanol–water partition coefficient (Wildman–Crippen LogP) is 1.30. The number of rotatable bonds is 8. The molecule has 0 bridgehead atoms. The highest BCUT2D eigenvalue weighted by molar-refractivity contribution is 7.99. The number of aliphatic hydroxyl groups is 3. The minimum atomic E-state index is -1.26. The third-order valence-corrected chi connectivity index (χ3v) is 6.89. The number of fused-ring (bicyclic) bond motifs is 1. The second-order valence-corrected chi connectivity index (χ2v) is 9.20. The lowest BCUT2D eigenvalue weighted by Crippen LogP contribution is -2.33. The lowest BCUT2D eigenvalue weighted by Gasteiger charge is -2.15. The van der Waals surface area contributed by atoms with E-state index in [9.17, 15) is 15.3 Å². The van der Waals surface area contributed by atoms with Crippen LogP contribution in [0.1, 0.15) is 37.5 Å². The van der Waals surface area contributed by atoms with Gasteiger partial charge < -0.3 is 25.4 Å². The van der Waals surface area contributed by atoms with Gasteiger partial charge in [0.15, 0.2) is 28.4 Å². The highest BCUT2D eigenvalue weighted by Crippen LogP contribution is 2.43. The SMILES string of the molecule is CCCSc1nc(NC2CC2c2ccccc2)c2nnn([C@@H]3O[C@H](CO)[C@@H](O)[C@H]3O)c2n1. The number of aliphatic hydroxyl groups excluding tert-OH is 3. The number of benzene rings is 1. The Morgan fingerprint density at radius 1 is 1.19 bits per heavy atom. The average Bonchev–Trinajstić information content (AvgIpc) is 3.36. The van der Waals surface area contributed by atoms with Crippen molar-refractivity contribution in [2.75, 3.05) is 17.7 Å². The molecule has 4 N–H and O–H groups in total.